The first kappa shape index (κ1) is 13.2. The predicted octanol–water partition coefficient (Wildman–Crippen LogP) is 3.53. The predicted molar refractivity (Wildman–Crippen MR) is 70.6 cm³/mol. The molecule has 0 bridgehead atoms. The molecule has 0 aromatic heterocycles. The van der Waals surface area contributed by atoms with Crippen LogP contribution in [0.2, 0.25) is 0 Å². The van der Waals surface area contributed by atoms with Crippen LogP contribution in [0.3, 0.4) is 0 Å². The molecule has 0 saturated carbocycles. The van der Waals surface area contributed by atoms with Gasteiger partial charge >= 0.3 is 0 Å². The van der Waals surface area contributed by atoms with Crippen molar-refractivity contribution in [3.8, 4) is 0 Å². The number of hydrogen-bond acceptors (Lipinski definition) is 1. The minimum absolute atomic E-state index is 0.00296. The van der Waals surface area contributed by atoms with Crippen molar-refractivity contribution in [1.29, 1.82) is 0 Å². The van der Waals surface area contributed by atoms with Crippen LogP contribution in [0.15, 0.2) is 22.7 Å². The molecule has 1 unspecified atom stereocenters. The first-order chi connectivity index (χ1) is 7.41. The quantitative estimate of drug-likeness (QED) is 0.903. The maximum Gasteiger partial charge on any atom is 0.251 e. The van der Waals surface area contributed by atoms with Gasteiger partial charge in [0, 0.05) is 16.1 Å². The Labute approximate surface area is 106 Å². The number of hydrogen-bond donors (Lipinski definition) is 1. The Morgan fingerprint density at radius 1 is 1.31 bits per heavy atom. The molecule has 2 nitrogen and oxygen atoms in total. The topological polar surface area (TPSA) is 29.1 Å². The second-order valence-electron chi connectivity index (χ2n) is 4.47. The van der Waals surface area contributed by atoms with Crippen LogP contribution in [0.25, 0.3) is 0 Å². The number of amides is 1. The van der Waals surface area contributed by atoms with Crippen LogP contribution in [0.4, 0.5) is 0 Å². The van der Waals surface area contributed by atoms with Gasteiger partial charge in [0.1, 0.15) is 0 Å². The maximum atomic E-state index is 11.9. The third kappa shape index (κ3) is 3.34. The second-order valence-corrected chi connectivity index (χ2v) is 5.32. The summed E-state index contributed by atoms with van der Waals surface area (Å²) in [6, 6.07) is 5.83. The molecule has 3 heteroatoms. The summed E-state index contributed by atoms with van der Waals surface area (Å²) in [4.78, 5) is 11.9. The van der Waals surface area contributed by atoms with E-state index in [0.29, 0.717) is 11.5 Å². The van der Waals surface area contributed by atoms with E-state index in [-0.39, 0.29) is 11.9 Å². The SMILES string of the molecule is Cc1cc(C(=O)NC(C)C(C)C)ccc1Br. The van der Waals surface area contributed by atoms with Crippen LogP contribution in [0.5, 0.6) is 0 Å². The average molecular weight is 284 g/mol. The lowest BCUT2D eigenvalue weighted by atomic mass is 10.1. The van der Waals surface area contributed by atoms with Gasteiger partial charge in [-0.1, -0.05) is 29.8 Å². The average Bonchev–Trinajstić information content (AvgIpc) is 2.21. The Balaban J connectivity index is 2.77. The van der Waals surface area contributed by atoms with E-state index in [1.807, 2.05) is 32.0 Å². The van der Waals surface area contributed by atoms with Gasteiger partial charge in [0.15, 0.2) is 0 Å². The van der Waals surface area contributed by atoms with Gasteiger partial charge in [0.2, 0.25) is 0 Å². The van der Waals surface area contributed by atoms with Gasteiger partial charge in [-0.3, -0.25) is 4.79 Å². The van der Waals surface area contributed by atoms with Gasteiger partial charge in [-0.25, -0.2) is 0 Å². The number of carbonyl (C=O) groups is 1. The third-order valence-corrected chi connectivity index (χ3v) is 3.67. The van der Waals surface area contributed by atoms with Gasteiger partial charge < -0.3 is 5.32 Å². The van der Waals surface area contributed by atoms with Crippen LogP contribution in [0.1, 0.15) is 36.7 Å². The molecule has 1 aromatic carbocycles. The highest BCUT2D eigenvalue weighted by Gasteiger charge is 2.12. The van der Waals surface area contributed by atoms with Crippen LogP contribution in [-0.2, 0) is 0 Å². The third-order valence-electron chi connectivity index (χ3n) is 2.78. The maximum absolute atomic E-state index is 11.9. The van der Waals surface area contributed by atoms with E-state index < -0.39 is 0 Å². The zero-order valence-electron chi connectivity index (χ0n) is 10.2. The monoisotopic (exact) mass is 283 g/mol. The van der Waals surface area contributed by atoms with Gasteiger partial charge in [-0.15, -0.1) is 0 Å². The Hall–Kier alpha value is -0.830. The highest BCUT2D eigenvalue weighted by atomic mass is 79.9. The molecular formula is C13H18BrNO. The Morgan fingerprint density at radius 2 is 1.94 bits per heavy atom. The normalized spacial score (nSPS) is 12.6. The molecule has 1 aromatic rings. The minimum atomic E-state index is -0.00296. The standard InChI is InChI=1S/C13H18BrNO/c1-8(2)10(4)15-13(16)11-5-6-12(14)9(3)7-11/h5-8,10H,1-4H3,(H,15,16). The number of aryl methyl sites for hydroxylation is 1. The highest BCUT2D eigenvalue weighted by Crippen LogP contribution is 2.17. The summed E-state index contributed by atoms with van der Waals surface area (Å²) in [5.41, 5.74) is 1.79. The van der Waals surface area contributed by atoms with Gasteiger partial charge in [-0.2, -0.15) is 0 Å². The highest BCUT2D eigenvalue weighted by molar-refractivity contribution is 9.10. The fraction of sp³-hybridized carbons (Fsp3) is 0.462. The van der Waals surface area contributed by atoms with Crippen molar-refractivity contribution in [3.05, 3.63) is 33.8 Å². The van der Waals surface area contributed by atoms with Crippen molar-refractivity contribution < 1.29 is 4.79 Å². The van der Waals surface area contributed by atoms with Crippen molar-refractivity contribution >= 4 is 21.8 Å². The lowest BCUT2D eigenvalue weighted by Crippen LogP contribution is -2.36. The molecule has 0 spiro atoms. The lowest BCUT2D eigenvalue weighted by molar-refractivity contribution is 0.0930. The first-order valence-electron chi connectivity index (χ1n) is 5.49. The van der Waals surface area contributed by atoms with E-state index in [1.165, 1.54) is 0 Å². The number of nitrogens with one attached hydrogen (secondary N) is 1. The van der Waals surface area contributed by atoms with E-state index in [2.05, 4.69) is 35.1 Å². The van der Waals surface area contributed by atoms with E-state index in [4.69, 9.17) is 0 Å². The molecule has 0 heterocycles. The summed E-state index contributed by atoms with van der Waals surface area (Å²) in [5.74, 6) is 0.442. The molecule has 88 valence electrons. The van der Waals surface area contributed by atoms with Crippen molar-refractivity contribution in [2.45, 2.75) is 33.7 Å². The molecule has 0 aliphatic carbocycles. The number of rotatable bonds is 3. The molecule has 1 rings (SSSR count). The van der Waals surface area contributed by atoms with Crippen molar-refractivity contribution in [1.82, 2.24) is 5.32 Å². The van der Waals surface area contributed by atoms with Crippen molar-refractivity contribution in [3.63, 3.8) is 0 Å². The number of benzene rings is 1. The molecule has 1 N–H and O–H groups in total. The molecule has 0 saturated heterocycles. The molecule has 0 fully saturated rings. The summed E-state index contributed by atoms with van der Waals surface area (Å²) >= 11 is 3.42. The lowest BCUT2D eigenvalue weighted by Gasteiger charge is -2.17. The zero-order valence-corrected chi connectivity index (χ0v) is 11.8. The summed E-state index contributed by atoms with van der Waals surface area (Å²) in [6.07, 6.45) is 0. The minimum Gasteiger partial charge on any atom is -0.349 e. The molecule has 0 aliphatic rings. The van der Waals surface area contributed by atoms with Crippen LogP contribution in [-0.4, -0.2) is 11.9 Å². The Morgan fingerprint density at radius 3 is 2.44 bits per heavy atom. The number of halogens is 1. The van der Waals surface area contributed by atoms with E-state index in [9.17, 15) is 4.79 Å². The Kier molecular flexibility index (Phi) is 4.54. The second kappa shape index (κ2) is 5.48. The van der Waals surface area contributed by atoms with Crippen LogP contribution >= 0.6 is 15.9 Å². The van der Waals surface area contributed by atoms with Crippen LogP contribution in [0, 0.1) is 12.8 Å². The van der Waals surface area contributed by atoms with Gasteiger partial charge in [0.25, 0.3) is 5.91 Å². The van der Waals surface area contributed by atoms with Gasteiger partial charge in [0.05, 0.1) is 0 Å². The van der Waals surface area contributed by atoms with Crippen molar-refractivity contribution in [2.75, 3.05) is 0 Å². The first-order valence-corrected chi connectivity index (χ1v) is 6.28. The van der Waals surface area contributed by atoms with E-state index in [1.54, 1.807) is 0 Å². The van der Waals surface area contributed by atoms with E-state index in [0.717, 1.165) is 10.0 Å². The van der Waals surface area contributed by atoms with E-state index >= 15 is 0 Å². The molecule has 0 radical (unpaired) electrons. The summed E-state index contributed by atoms with van der Waals surface area (Å²) in [5, 5.41) is 2.99. The molecule has 16 heavy (non-hydrogen) atoms. The number of carbonyl (C=O) groups excluding carboxylic acids is 1. The zero-order chi connectivity index (χ0) is 12.3. The summed E-state index contributed by atoms with van der Waals surface area (Å²) in [6.45, 7) is 8.19. The fourth-order valence-electron chi connectivity index (χ4n) is 1.24. The molecular weight excluding hydrogens is 266 g/mol. The summed E-state index contributed by atoms with van der Waals surface area (Å²) in [7, 11) is 0. The molecule has 1 amide bonds. The molecule has 0 aliphatic heterocycles. The Bertz CT molecular complexity index is 388. The molecule has 1 atom stereocenters. The largest absolute Gasteiger partial charge is 0.349 e. The fourth-order valence-corrected chi connectivity index (χ4v) is 1.49. The van der Waals surface area contributed by atoms with Crippen LogP contribution < -0.4 is 5.32 Å². The smallest absolute Gasteiger partial charge is 0.251 e. The summed E-state index contributed by atoms with van der Waals surface area (Å²) < 4.78 is 1.03. The van der Waals surface area contributed by atoms with Crippen molar-refractivity contribution in [2.24, 2.45) is 5.92 Å². The van der Waals surface area contributed by atoms with Gasteiger partial charge in [-0.05, 0) is 43.5 Å².